The molecule has 0 atom stereocenters. The lowest BCUT2D eigenvalue weighted by Gasteiger charge is -2.09. The van der Waals surface area contributed by atoms with Crippen LogP contribution in [0, 0.1) is 0 Å². The topological polar surface area (TPSA) is 98.8 Å². The summed E-state index contributed by atoms with van der Waals surface area (Å²) < 4.78 is 39.4. The Morgan fingerprint density at radius 1 is 1.44 bits per heavy atom. The van der Waals surface area contributed by atoms with Gasteiger partial charge in [-0.3, -0.25) is 4.55 Å². The summed E-state index contributed by atoms with van der Waals surface area (Å²) in [6.07, 6.45) is 0. The molecule has 0 aliphatic rings. The molecule has 7 heteroatoms. The van der Waals surface area contributed by atoms with Crippen molar-refractivity contribution >= 4 is 15.8 Å². The summed E-state index contributed by atoms with van der Waals surface area (Å²) in [5, 5.41) is 0. The molecule has 0 aliphatic carbocycles. The van der Waals surface area contributed by atoms with Gasteiger partial charge in [-0.1, -0.05) is 0 Å². The van der Waals surface area contributed by atoms with Crippen LogP contribution in [0.15, 0.2) is 18.2 Å². The van der Waals surface area contributed by atoms with Gasteiger partial charge >= 0.3 is 0 Å². The fourth-order valence-electron chi connectivity index (χ4n) is 1.04. The second-order valence-electron chi connectivity index (χ2n) is 3.04. The van der Waals surface area contributed by atoms with Gasteiger partial charge in [-0.2, -0.15) is 8.42 Å². The molecule has 0 heterocycles. The lowest BCUT2D eigenvalue weighted by molar-refractivity contribution is 0.336. The van der Waals surface area contributed by atoms with Gasteiger partial charge in [-0.25, -0.2) is 0 Å². The zero-order chi connectivity index (χ0) is 12.2. The van der Waals surface area contributed by atoms with E-state index in [0.717, 1.165) is 0 Å². The maximum Gasteiger partial charge on any atom is 0.268 e. The Balaban J connectivity index is 2.61. The number of hydrogen-bond acceptors (Lipinski definition) is 5. The molecular weight excluding hydrogens is 234 g/mol. The summed E-state index contributed by atoms with van der Waals surface area (Å²) in [7, 11) is -2.50. The molecule has 3 N–H and O–H groups in total. The molecule has 0 amide bonds. The van der Waals surface area contributed by atoms with E-state index in [9.17, 15) is 8.42 Å². The molecule has 0 radical (unpaired) electrons. The first-order chi connectivity index (χ1) is 7.42. The van der Waals surface area contributed by atoms with Gasteiger partial charge in [-0.05, 0) is 12.1 Å². The highest BCUT2D eigenvalue weighted by molar-refractivity contribution is 7.85. The van der Waals surface area contributed by atoms with Crippen LogP contribution < -0.4 is 15.2 Å². The van der Waals surface area contributed by atoms with Crippen LogP contribution >= 0.6 is 0 Å². The van der Waals surface area contributed by atoms with Crippen LogP contribution in [-0.4, -0.2) is 32.4 Å². The molecule has 0 fully saturated rings. The fraction of sp³-hybridized carbons (Fsp3) is 0.333. The number of ether oxygens (including phenoxy) is 2. The molecule has 16 heavy (non-hydrogen) atoms. The SMILES string of the molecule is COc1ccc(OCCS(=O)(=O)O)c(N)c1. The predicted octanol–water partition coefficient (Wildman–Crippen LogP) is 0.544. The van der Waals surface area contributed by atoms with Gasteiger partial charge < -0.3 is 15.2 Å². The number of hydrogen-bond donors (Lipinski definition) is 2. The molecule has 1 aromatic carbocycles. The molecule has 6 nitrogen and oxygen atoms in total. The second kappa shape index (κ2) is 5.04. The van der Waals surface area contributed by atoms with E-state index in [1.165, 1.54) is 7.11 Å². The molecule has 0 saturated heterocycles. The monoisotopic (exact) mass is 247 g/mol. The Labute approximate surface area is 93.7 Å². The van der Waals surface area contributed by atoms with Crippen LogP contribution in [0.1, 0.15) is 0 Å². The van der Waals surface area contributed by atoms with Gasteiger partial charge in [0.15, 0.2) is 0 Å². The lowest BCUT2D eigenvalue weighted by atomic mass is 10.3. The summed E-state index contributed by atoms with van der Waals surface area (Å²) in [5.41, 5.74) is 5.97. The summed E-state index contributed by atoms with van der Waals surface area (Å²) in [6, 6.07) is 4.76. The minimum atomic E-state index is -4.01. The van der Waals surface area contributed by atoms with Crippen LogP contribution in [0.3, 0.4) is 0 Å². The quantitative estimate of drug-likeness (QED) is 0.582. The number of anilines is 1. The second-order valence-corrected chi connectivity index (χ2v) is 4.61. The van der Waals surface area contributed by atoms with Crippen molar-refractivity contribution in [2.24, 2.45) is 0 Å². The first kappa shape index (κ1) is 12.6. The maximum absolute atomic E-state index is 10.4. The average molecular weight is 247 g/mol. The highest BCUT2D eigenvalue weighted by Crippen LogP contribution is 2.26. The van der Waals surface area contributed by atoms with Crippen LogP contribution in [0.2, 0.25) is 0 Å². The zero-order valence-electron chi connectivity index (χ0n) is 8.71. The van der Waals surface area contributed by atoms with Gasteiger partial charge in [0.05, 0.1) is 12.8 Å². The summed E-state index contributed by atoms with van der Waals surface area (Å²) >= 11 is 0. The third-order valence-corrected chi connectivity index (χ3v) is 2.50. The molecule has 0 saturated carbocycles. The summed E-state index contributed by atoms with van der Waals surface area (Å²) in [4.78, 5) is 0. The number of nitrogen functional groups attached to an aromatic ring is 1. The molecule has 1 aromatic rings. The Morgan fingerprint density at radius 2 is 2.12 bits per heavy atom. The number of rotatable bonds is 5. The Morgan fingerprint density at radius 3 is 2.62 bits per heavy atom. The highest BCUT2D eigenvalue weighted by atomic mass is 32.2. The van der Waals surface area contributed by atoms with E-state index in [1.807, 2.05) is 0 Å². The van der Waals surface area contributed by atoms with Crippen molar-refractivity contribution in [1.82, 2.24) is 0 Å². The Kier molecular flexibility index (Phi) is 3.97. The normalized spacial score (nSPS) is 11.1. The molecule has 0 aliphatic heterocycles. The van der Waals surface area contributed by atoms with Crippen molar-refractivity contribution in [3.63, 3.8) is 0 Å². The third kappa shape index (κ3) is 3.95. The van der Waals surface area contributed by atoms with E-state index in [2.05, 4.69) is 0 Å². The predicted molar refractivity (Wildman–Crippen MR) is 59.3 cm³/mol. The van der Waals surface area contributed by atoms with Crippen LogP contribution in [-0.2, 0) is 10.1 Å². The van der Waals surface area contributed by atoms with Crippen LogP contribution in [0.25, 0.3) is 0 Å². The largest absolute Gasteiger partial charge is 0.497 e. The van der Waals surface area contributed by atoms with Crippen molar-refractivity contribution in [1.29, 1.82) is 0 Å². The van der Waals surface area contributed by atoms with Crippen molar-refractivity contribution < 1.29 is 22.4 Å². The summed E-state index contributed by atoms with van der Waals surface area (Å²) in [5.74, 6) is 0.461. The van der Waals surface area contributed by atoms with Crippen molar-refractivity contribution in [2.45, 2.75) is 0 Å². The van der Waals surface area contributed by atoms with E-state index in [-0.39, 0.29) is 6.61 Å². The Hall–Kier alpha value is -1.47. The fourth-order valence-corrected chi connectivity index (χ4v) is 1.34. The molecule has 0 spiro atoms. The van der Waals surface area contributed by atoms with Gasteiger partial charge in [0.2, 0.25) is 0 Å². The zero-order valence-corrected chi connectivity index (χ0v) is 9.53. The minimum absolute atomic E-state index is 0.157. The third-order valence-electron chi connectivity index (χ3n) is 1.82. The standard InChI is InChI=1S/C9H13NO5S/c1-14-7-2-3-9(8(10)6-7)15-4-5-16(11,12)13/h2-3,6H,4-5,10H2,1H3,(H,11,12,13). The first-order valence-corrected chi connectivity index (χ1v) is 6.05. The molecular formula is C9H13NO5S. The molecule has 0 aromatic heterocycles. The number of nitrogens with two attached hydrogens (primary N) is 1. The molecule has 0 bridgehead atoms. The van der Waals surface area contributed by atoms with E-state index in [4.69, 9.17) is 19.8 Å². The van der Waals surface area contributed by atoms with Gasteiger partial charge in [0.1, 0.15) is 23.9 Å². The Bertz CT molecular complexity index is 457. The van der Waals surface area contributed by atoms with Gasteiger partial charge in [0.25, 0.3) is 10.1 Å². The summed E-state index contributed by atoms with van der Waals surface area (Å²) in [6.45, 7) is -0.157. The highest BCUT2D eigenvalue weighted by Gasteiger charge is 2.06. The van der Waals surface area contributed by atoms with E-state index >= 15 is 0 Å². The maximum atomic E-state index is 10.4. The van der Waals surface area contributed by atoms with E-state index < -0.39 is 15.9 Å². The van der Waals surface area contributed by atoms with Crippen molar-refractivity contribution in [2.75, 3.05) is 25.2 Å². The van der Waals surface area contributed by atoms with Gasteiger partial charge in [-0.15, -0.1) is 0 Å². The number of methoxy groups -OCH3 is 1. The average Bonchev–Trinajstić information content (AvgIpc) is 2.18. The minimum Gasteiger partial charge on any atom is -0.497 e. The lowest BCUT2D eigenvalue weighted by Crippen LogP contribution is -2.13. The first-order valence-electron chi connectivity index (χ1n) is 4.44. The van der Waals surface area contributed by atoms with Crippen molar-refractivity contribution in [3.8, 4) is 11.5 Å². The van der Waals surface area contributed by atoms with E-state index in [1.54, 1.807) is 18.2 Å². The van der Waals surface area contributed by atoms with Crippen LogP contribution in [0.4, 0.5) is 5.69 Å². The molecule has 0 unspecified atom stereocenters. The van der Waals surface area contributed by atoms with Gasteiger partial charge in [0, 0.05) is 6.07 Å². The smallest absolute Gasteiger partial charge is 0.268 e. The molecule has 90 valence electrons. The number of benzene rings is 1. The van der Waals surface area contributed by atoms with Crippen molar-refractivity contribution in [3.05, 3.63) is 18.2 Å². The van der Waals surface area contributed by atoms with Crippen LogP contribution in [0.5, 0.6) is 11.5 Å². The van der Waals surface area contributed by atoms with E-state index in [0.29, 0.717) is 17.2 Å². The molecule has 1 rings (SSSR count).